The summed E-state index contributed by atoms with van der Waals surface area (Å²) in [6.45, 7) is 4.13. The lowest BCUT2D eigenvalue weighted by molar-refractivity contribution is 0.0692. The molecule has 0 unspecified atom stereocenters. The third-order valence-electron chi connectivity index (χ3n) is 4.32. The van der Waals surface area contributed by atoms with Crippen molar-refractivity contribution in [1.29, 1.82) is 0 Å². The lowest BCUT2D eigenvalue weighted by atomic mass is 9.96. The van der Waals surface area contributed by atoms with Gasteiger partial charge in [-0.15, -0.1) is 0 Å². The fourth-order valence-corrected chi connectivity index (χ4v) is 2.89. The number of carbonyl (C=O) groups is 1. The first-order valence-corrected chi connectivity index (χ1v) is 7.70. The molecule has 1 fully saturated rings. The van der Waals surface area contributed by atoms with E-state index in [4.69, 9.17) is 10.2 Å². The van der Waals surface area contributed by atoms with Crippen molar-refractivity contribution < 1.29 is 9.21 Å². The van der Waals surface area contributed by atoms with E-state index in [0.717, 1.165) is 37.3 Å². The molecule has 0 aromatic carbocycles. The average Bonchev–Trinajstić information content (AvgIpc) is 3.09. The fraction of sp³-hybridized carbons (Fsp3) is 0.412. The third kappa shape index (κ3) is 2.90. The Kier molecular flexibility index (Phi) is 4.24. The SMILES string of the molecule is Cc1nc(-c2ccco2)ccc1C(=O)N1CCC(CN)CC1. The van der Waals surface area contributed by atoms with Crippen molar-refractivity contribution in [3.63, 3.8) is 0 Å². The smallest absolute Gasteiger partial charge is 0.255 e. The molecule has 5 heteroatoms. The Hall–Kier alpha value is -2.14. The van der Waals surface area contributed by atoms with Crippen molar-refractivity contribution in [2.24, 2.45) is 11.7 Å². The maximum absolute atomic E-state index is 12.6. The van der Waals surface area contributed by atoms with Crippen molar-refractivity contribution in [3.05, 3.63) is 41.8 Å². The summed E-state index contributed by atoms with van der Waals surface area (Å²) in [5.41, 5.74) is 7.86. The van der Waals surface area contributed by atoms with Gasteiger partial charge in [0.25, 0.3) is 5.91 Å². The highest BCUT2D eigenvalue weighted by molar-refractivity contribution is 5.95. The van der Waals surface area contributed by atoms with E-state index in [1.165, 1.54) is 0 Å². The Morgan fingerprint density at radius 3 is 2.73 bits per heavy atom. The maximum atomic E-state index is 12.6. The van der Waals surface area contributed by atoms with Crippen LogP contribution in [-0.2, 0) is 0 Å². The van der Waals surface area contributed by atoms with Gasteiger partial charge in [-0.2, -0.15) is 0 Å². The molecular weight excluding hydrogens is 278 g/mol. The molecule has 2 aromatic heterocycles. The van der Waals surface area contributed by atoms with Crippen molar-refractivity contribution >= 4 is 5.91 Å². The quantitative estimate of drug-likeness (QED) is 0.945. The molecule has 1 saturated heterocycles. The molecule has 3 heterocycles. The molecular formula is C17H21N3O2. The predicted molar refractivity (Wildman–Crippen MR) is 84.4 cm³/mol. The summed E-state index contributed by atoms with van der Waals surface area (Å²) >= 11 is 0. The monoisotopic (exact) mass is 299 g/mol. The zero-order valence-electron chi connectivity index (χ0n) is 12.8. The summed E-state index contributed by atoms with van der Waals surface area (Å²) in [4.78, 5) is 19.1. The van der Waals surface area contributed by atoms with Gasteiger partial charge >= 0.3 is 0 Å². The number of hydrogen-bond donors (Lipinski definition) is 1. The summed E-state index contributed by atoms with van der Waals surface area (Å²) < 4.78 is 5.35. The number of furan rings is 1. The predicted octanol–water partition coefficient (Wildman–Crippen LogP) is 2.46. The van der Waals surface area contributed by atoms with Crippen LogP contribution in [0.15, 0.2) is 34.9 Å². The van der Waals surface area contributed by atoms with Crippen LogP contribution in [-0.4, -0.2) is 35.4 Å². The largest absolute Gasteiger partial charge is 0.463 e. The number of rotatable bonds is 3. The molecule has 0 atom stereocenters. The summed E-state index contributed by atoms with van der Waals surface area (Å²) in [6.07, 6.45) is 3.59. The van der Waals surface area contributed by atoms with Crippen molar-refractivity contribution in [2.75, 3.05) is 19.6 Å². The minimum atomic E-state index is 0.0615. The maximum Gasteiger partial charge on any atom is 0.255 e. The minimum absolute atomic E-state index is 0.0615. The molecule has 1 amide bonds. The molecule has 0 bridgehead atoms. The van der Waals surface area contributed by atoms with E-state index in [0.29, 0.717) is 23.8 Å². The molecule has 2 N–H and O–H groups in total. The molecule has 0 spiro atoms. The van der Waals surface area contributed by atoms with Gasteiger partial charge in [0.15, 0.2) is 5.76 Å². The van der Waals surface area contributed by atoms with E-state index in [1.807, 2.05) is 36.1 Å². The number of nitrogens with two attached hydrogens (primary N) is 1. The van der Waals surface area contributed by atoms with E-state index < -0.39 is 0 Å². The Morgan fingerprint density at radius 2 is 2.14 bits per heavy atom. The zero-order chi connectivity index (χ0) is 15.5. The third-order valence-corrected chi connectivity index (χ3v) is 4.32. The molecule has 0 saturated carbocycles. The number of likely N-dealkylation sites (tertiary alicyclic amines) is 1. The second-order valence-corrected chi connectivity index (χ2v) is 5.78. The molecule has 1 aliphatic heterocycles. The number of pyridine rings is 1. The van der Waals surface area contributed by atoms with Gasteiger partial charge in [0.05, 0.1) is 17.5 Å². The fourth-order valence-electron chi connectivity index (χ4n) is 2.89. The Labute approximate surface area is 130 Å². The molecule has 1 aliphatic rings. The van der Waals surface area contributed by atoms with Crippen LogP contribution in [0.25, 0.3) is 11.5 Å². The van der Waals surface area contributed by atoms with Crippen LogP contribution in [0.3, 0.4) is 0 Å². The number of carbonyl (C=O) groups excluding carboxylic acids is 1. The summed E-state index contributed by atoms with van der Waals surface area (Å²) in [6, 6.07) is 7.37. The second-order valence-electron chi connectivity index (χ2n) is 5.78. The van der Waals surface area contributed by atoms with Crippen LogP contribution in [0.1, 0.15) is 28.9 Å². The van der Waals surface area contributed by atoms with Gasteiger partial charge < -0.3 is 15.1 Å². The van der Waals surface area contributed by atoms with Gasteiger partial charge in [-0.3, -0.25) is 4.79 Å². The number of hydrogen-bond acceptors (Lipinski definition) is 4. The van der Waals surface area contributed by atoms with Gasteiger partial charge in [0, 0.05) is 13.1 Å². The Bertz CT molecular complexity index is 644. The molecule has 2 aromatic rings. The first kappa shape index (κ1) is 14.8. The van der Waals surface area contributed by atoms with Gasteiger partial charge in [-0.1, -0.05) is 0 Å². The lowest BCUT2D eigenvalue weighted by Crippen LogP contribution is -2.40. The molecule has 22 heavy (non-hydrogen) atoms. The number of aromatic nitrogens is 1. The molecule has 3 rings (SSSR count). The molecule has 0 aliphatic carbocycles. The van der Waals surface area contributed by atoms with Crippen LogP contribution in [0.2, 0.25) is 0 Å². The van der Waals surface area contributed by atoms with Crippen LogP contribution >= 0.6 is 0 Å². The highest BCUT2D eigenvalue weighted by Gasteiger charge is 2.24. The van der Waals surface area contributed by atoms with Gasteiger partial charge in [0.2, 0.25) is 0 Å². The van der Waals surface area contributed by atoms with Crippen LogP contribution in [0.4, 0.5) is 0 Å². The highest BCUT2D eigenvalue weighted by Crippen LogP contribution is 2.22. The van der Waals surface area contributed by atoms with Gasteiger partial charge in [0.1, 0.15) is 5.69 Å². The molecule has 0 radical (unpaired) electrons. The number of amides is 1. The molecule has 116 valence electrons. The minimum Gasteiger partial charge on any atom is -0.463 e. The molecule has 5 nitrogen and oxygen atoms in total. The van der Waals surface area contributed by atoms with Gasteiger partial charge in [-0.05, 0) is 56.5 Å². The zero-order valence-corrected chi connectivity index (χ0v) is 12.8. The standard InChI is InChI=1S/C17H21N3O2/c1-12-14(4-5-15(19-12)16-3-2-10-22-16)17(21)20-8-6-13(11-18)7-9-20/h2-5,10,13H,6-9,11,18H2,1H3. The lowest BCUT2D eigenvalue weighted by Gasteiger charge is -2.31. The van der Waals surface area contributed by atoms with Crippen molar-refractivity contribution in [1.82, 2.24) is 9.88 Å². The first-order chi connectivity index (χ1) is 10.7. The van der Waals surface area contributed by atoms with E-state index in [-0.39, 0.29) is 5.91 Å². The normalized spacial score (nSPS) is 16.0. The van der Waals surface area contributed by atoms with Crippen molar-refractivity contribution in [2.45, 2.75) is 19.8 Å². The van der Waals surface area contributed by atoms with Crippen LogP contribution in [0, 0.1) is 12.8 Å². The summed E-state index contributed by atoms with van der Waals surface area (Å²) in [5.74, 6) is 1.32. The van der Waals surface area contributed by atoms with Crippen LogP contribution < -0.4 is 5.73 Å². The highest BCUT2D eigenvalue weighted by atomic mass is 16.3. The number of piperidine rings is 1. The van der Waals surface area contributed by atoms with E-state index in [9.17, 15) is 4.79 Å². The number of nitrogens with zero attached hydrogens (tertiary/aromatic N) is 2. The van der Waals surface area contributed by atoms with E-state index >= 15 is 0 Å². The average molecular weight is 299 g/mol. The Morgan fingerprint density at radius 1 is 1.36 bits per heavy atom. The van der Waals surface area contributed by atoms with E-state index in [1.54, 1.807) is 6.26 Å². The first-order valence-electron chi connectivity index (χ1n) is 7.70. The topological polar surface area (TPSA) is 72.4 Å². The second kappa shape index (κ2) is 6.32. The number of aryl methyl sites for hydroxylation is 1. The van der Waals surface area contributed by atoms with E-state index in [2.05, 4.69) is 4.98 Å². The van der Waals surface area contributed by atoms with Gasteiger partial charge in [-0.25, -0.2) is 4.98 Å². The van der Waals surface area contributed by atoms with Crippen molar-refractivity contribution in [3.8, 4) is 11.5 Å². The Balaban J connectivity index is 1.76. The summed E-state index contributed by atoms with van der Waals surface area (Å²) in [5, 5.41) is 0. The summed E-state index contributed by atoms with van der Waals surface area (Å²) in [7, 11) is 0. The van der Waals surface area contributed by atoms with Crippen LogP contribution in [0.5, 0.6) is 0 Å².